The Labute approximate surface area is 155 Å². The van der Waals surface area contributed by atoms with Crippen molar-refractivity contribution in [2.75, 3.05) is 19.6 Å². The summed E-state index contributed by atoms with van der Waals surface area (Å²) in [6.45, 7) is 7.81. The van der Waals surface area contributed by atoms with Gasteiger partial charge in [0.15, 0.2) is 0 Å². The predicted molar refractivity (Wildman–Crippen MR) is 102 cm³/mol. The number of hydrogen-bond donors (Lipinski definition) is 2. The van der Waals surface area contributed by atoms with Gasteiger partial charge >= 0.3 is 0 Å². The standard InChI is InChI=1S/C21H30N2O3/c1-13(2)10-20(24)23-8-6-15(7-9-23)18-11-17-16(19(12-22)26-18)5-4-14(3)21(17)25/h4-6,13,18-19,25H,7-12,22H2,1-3H3/t18-,19-/m0/s1. The zero-order valence-electron chi connectivity index (χ0n) is 16.0. The van der Waals surface area contributed by atoms with Gasteiger partial charge in [-0.1, -0.05) is 32.1 Å². The molecule has 0 fully saturated rings. The van der Waals surface area contributed by atoms with Crippen molar-refractivity contribution in [2.45, 2.75) is 52.2 Å². The van der Waals surface area contributed by atoms with Crippen molar-refractivity contribution in [1.82, 2.24) is 4.90 Å². The van der Waals surface area contributed by atoms with Crippen LogP contribution in [0.5, 0.6) is 5.75 Å². The minimum absolute atomic E-state index is 0.0777. The maximum Gasteiger partial charge on any atom is 0.223 e. The number of phenols is 1. The molecule has 0 saturated carbocycles. The first-order chi connectivity index (χ1) is 12.4. The maximum absolute atomic E-state index is 12.3. The van der Waals surface area contributed by atoms with Gasteiger partial charge in [-0.25, -0.2) is 0 Å². The molecule has 1 aromatic rings. The second-order valence-corrected chi connectivity index (χ2v) is 7.82. The Hall–Kier alpha value is -1.85. The van der Waals surface area contributed by atoms with Crippen molar-refractivity contribution >= 4 is 5.91 Å². The Morgan fingerprint density at radius 1 is 1.42 bits per heavy atom. The molecule has 142 valence electrons. The van der Waals surface area contributed by atoms with Crippen molar-refractivity contribution in [3.8, 4) is 5.75 Å². The summed E-state index contributed by atoms with van der Waals surface area (Å²) < 4.78 is 6.25. The quantitative estimate of drug-likeness (QED) is 0.812. The molecule has 5 nitrogen and oxygen atoms in total. The zero-order chi connectivity index (χ0) is 18.8. The number of phenolic OH excluding ortho intramolecular Hbond substituents is 1. The monoisotopic (exact) mass is 358 g/mol. The second-order valence-electron chi connectivity index (χ2n) is 7.82. The molecule has 5 heteroatoms. The van der Waals surface area contributed by atoms with Crippen LogP contribution in [0.1, 0.15) is 49.5 Å². The first-order valence-corrected chi connectivity index (χ1v) is 9.54. The fourth-order valence-electron chi connectivity index (χ4n) is 3.87. The van der Waals surface area contributed by atoms with Gasteiger partial charge in [-0.3, -0.25) is 4.79 Å². The molecule has 3 N–H and O–H groups in total. The molecular weight excluding hydrogens is 328 g/mol. The van der Waals surface area contributed by atoms with E-state index in [0.29, 0.717) is 37.6 Å². The van der Waals surface area contributed by atoms with Crippen LogP contribution in [0, 0.1) is 12.8 Å². The Balaban J connectivity index is 1.76. The summed E-state index contributed by atoms with van der Waals surface area (Å²) in [5.41, 5.74) is 9.97. The highest BCUT2D eigenvalue weighted by atomic mass is 16.5. The number of hydrogen-bond acceptors (Lipinski definition) is 4. The summed E-state index contributed by atoms with van der Waals surface area (Å²) in [5.74, 6) is 0.959. The molecule has 1 amide bonds. The van der Waals surface area contributed by atoms with Crippen molar-refractivity contribution in [2.24, 2.45) is 11.7 Å². The highest BCUT2D eigenvalue weighted by Gasteiger charge is 2.32. The number of aromatic hydroxyl groups is 1. The van der Waals surface area contributed by atoms with Gasteiger partial charge in [0.25, 0.3) is 0 Å². The molecule has 3 rings (SSSR count). The zero-order valence-corrected chi connectivity index (χ0v) is 16.0. The van der Waals surface area contributed by atoms with Gasteiger partial charge in [0.1, 0.15) is 5.75 Å². The van der Waals surface area contributed by atoms with Gasteiger partial charge in [0.2, 0.25) is 5.91 Å². The summed E-state index contributed by atoms with van der Waals surface area (Å²) in [6, 6.07) is 3.93. The predicted octanol–water partition coefficient (Wildman–Crippen LogP) is 2.85. The molecule has 26 heavy (non-hydrogen) atoms. The van der Waals surface area contributed by atoms with E-state index in [4.69, 9.17) is 10.5 Å². The molecule has 0 bridgehead atoms. The SMILES string of the molecule is Cc1ccc2c(c1O)C[C@@H](C1=CCN(C(=O)CC(C)C)CC1)O[C@H]2CN. The molecule has 0 saturated heterocycles. The lowest BCUT2D eigenvalue weighted by molar-refractivity contribution is -0.131. The van der Waals surface area contributed by atoms with E-state index in [0.717, 1.165) is 29.7 Å². The number of amides is 1. The number of fused-ring (bicyclic) bond motifs is 1. The average Bonchev–Trinajstić information content (AvgIpc) is 2.63. The Morgan fingerprint density at radius 2 is 2.19 bits per heavy atom. The van der Waals surface area contributed by atoms with E-state index < -0.39 is 0 Å². The number of rotatable bonds is 4. The number of carbonyl (C=O) groups is 1. The molecule has 2 atom stereocenters. The van der Waals surface area contributed by atoms with E-state index in [2.05, 4.69) is 19.9 Å². The van der Waals surface area contributed by atoms with E-state index in [-0.39, 0.29) is 18.1 Å². The normalized spacial score (nSPS) is 23.0. The van der Waals surface area contributed by atoms with Crippen LogP contribution in [0.3, 0.4) is 0 Å². The number of aryl methyl sites for hydroxylation is 1. The van der Waals surface area contributed by atoms with Gasteiger partial charge in [-0.15, -0.1) is 0 Å². The molecule has 2 heterocycles. The molecule has 0 radical (unpaired) electrons. The summed E-state index contributed by atoms with van der Waals surface area (Å²) >= 11 is 0. The molecular formula is C21H30N2O3. The fraction of sp³-hybridized carbons (Fsp3) is 0.571. The molecule has 2 aliphatic rings. The Morgan fingerprint density at radius 3 is 2.81 bits per heavy atom. The van der Waals surface area contributed by atoms with Crippen molar-refractivity contribution in [3.63, 3.8) is 0 Å². The molecule has 1 aromatic carbocycles. The second kappa shape index (κ2) is 7.80. The van der Waals surface area contributed by atoms with Crippen LogP contribution < -0.4 is 5.73 Å². The fourth-order valence-corrected chi connectivity index (χ4v) is 3.87. The van der Waals surface area contributed by atoms with Crippen LogP contribution in [-0.2, 0) is 16.0 Å². The Bertz CT molecular complexity index is 711. The number of ether oxygens (including phenoxy) is 1. The highest BCUT2D eigenvalue weighted by Crippen LogP contribution is 2.39. The highest BCUT2D eigenvalue weighted by molar-refractivity contribution is 5.76. The lowest BCUT2D eigenvalue weighted by Gasteiger charge is -2.36. The third-order valence-corrected chi connectivity index (χ3v) is 5.39. The maximum atomic E-state index is 12.3. The topological polar surface area (TPSA) is 75.8 Å². The smallest absolute Gasteiger partial charge is 0.223 e. The first-order valence-electron chi connectivity index (χ1n) is 9.54. The summed E-state index contributed by atoms with van der Waals surface area (Å²) in [5, 5.41) is 10.5. The summed E-state index contributed by atoms with van der Waals surface area (Å²) in [6.07, 6.45) is 3.91. The van der Waals surface area contributed by atoms with Gasteiger partial charge < -0.3 is 20.5 Å². The summed E-state index contributed by atoms with van der Waals surface area (Å²) in [7, 11) is 0. The third-order valence-electron chi connectivity index (χ3n) is 5.39. The van der Waals surface area contributed by atoms with Crippen molar-refractivity contribution in [3.05, 3.63) is 40.5 Å². The van der Waals surface area contributed by atoms with E-state index in [9.17, 15) is 9.90 Å². The van der Waals surface area contributed by atoms with E-state index in [1.54, 1.807) is 0 Å². The van der Waals surface area contributed by atoms with Gasteiger partial charge in [0, 0.05) is 38.0 Å². The largest absolute Gasteiger partial charge is 0.507 e. The van der Waals surface area contributed by atoms with Crippen molar-refractivity contribution < 1.29 is 14.6 Å². The lowest BCUT2D eigenvalue weighted by atomic mass is 9.87. The minimum atomic E-state index is -0.197. The Kier molecular flexibility index (Phi) is 5.68. The molecule has 0 aliphatic carbocycles. The number of nitrogens with zero attached hydrogens (tertiary/aromatic N) is 1. The average molecular weight is 358 g/mol. The van der Waals surface area contributed by atoms with Crippen LogP contribution in [0.25, 0.3) is 0 Å². The van der Waals surface area contributed by atoms with E-state index >= 15 is 0 Å². The molecule has 0 unspecified atom stereocenters. The van der Waals surface area contributed by atoms with Crippen LogP contribution in [0.15, 0.2) is 23.8 Å². The van der Waals surface area contributed by atoms with Crippen molar-refractivity contribution in [1.29, 1.82) is 0 Å². The lowest BCUT2D eigenvalue weighted by Crippen LogP contribution is -2.39. The van der Waals surface area contributed by atoms with Gasteiger partial charge in [-0.2, -0.15) is 0 Å². The van der Waals surface area contributed by atoms with Gasteiger partial charge in [0.05, 0.1) is 12.2 Å². The number of carbonyl (C=O) groups excluding carboxylic acids is 1. The minimum Gasteiger partial charge on any atom is -0.507 e. The number of nitrogens with two attached hydrogens (primary N) is 1. The van der Waals surface area contributed by atoms with E-state index in [1.807, 2.05) is 24.0 Å². The first kappa shape index (κ1) is 18.9. The molecule has 2 aliphatic heterocycles. The number of benzene rings is 1. The van der Waals surface area contributed by atoms with E-state index in [1.165, 1.54) is 5.57 Å². The van der Waals surface area contributed by atoms with Gasteiger partial charge in [-0.05, 0) is 36.0 Å². The van der Waals surface area contributed by atoms with Crippen LogP contribution in [0.4, 0.5) is 0 Å². The summed E-state index contributed by atoms with van der Waals surface area (Å²) in [4.78, 5) is 14.2. The third kappa shape index (κ3) is 3.79. The molecule has 0 aromatic heterocycles. The van der Waals surface area contributed by atoms with Crippen LogP contribution in [-0.4, -0.2) is 41.7 Å². The van der Waals surface area contributed by atoms with Crippen LogP contribution in [0.2, 0.25) is 0 Å². The van der Waals surface area contributed by atoms with Crippen LogP contribution >= 0.6 is 0 Å². The molecule has 0 spiro atoms.